The van der Waals surface area contributed by atoms with Crippen LogP contribution in [0.15, 0.2) is 18.2 Å². The molecular formula is C12H13N3O2. The van der Waals surface area contributed by atoms with Crippen LogP contribution in [0.25, 0.3) is 0 Å². The lowest BCUT2D eigenvalue weighted by atomic mass is 9.89. The van der Waals surface area contributed by atoms with E-state index in [9.17, 15) is 9.59 Å². The van der Waals surface area contributed by atoms with Gasteiger partial charge in [-0.25, -0.2) is 0 Å². The van der Waals surface area contributed by atoms with Gasteiger partial charge in [0.15, 0.2) is 0 Å². The SMILES string of the molecule is O=C1CCC(c2cccc3c2NCN3)C(=O)N1. The van der Waals surface area contributed by atoms with Gasteiger partial charge in [0.25, 0.3) is 0 Å². The first-order valence-electron chi connectivity index (χ1n) is 5.70. The number of imide groups is 1. The lowest BCUT2D eigenvalue weighted by molar-refractivity contribution is -0.134. The van der Waals surface area contributed by atoms with Crippen molar-refractivity contribution in [3.05, 3.63) is 23.8 Å². The van der Waals surface area contributed by atoms with E-state index in [0.29, 0.717) is 19.5 Å². The molecule has 0 bridgehead atoms. The Morgan fingerprint density at radius 1 is 1.18 bits per heavy atom. The normalized spacial score (nSPS) is 22.5. The summed E-state index contributed by atoms with van der Waals surface area (Å²) in [6, 6.07) is 5.85. The molecule has 88 valence electrons. The van der Waals surface area contributed by atoms with Crippen LogP contribution in [0, 0.1) is 0 Å². The third-order valence-electron chi connectivity index (χ3n) is 3.26. The second-order valence-electron chi connectivity index (χ2n) is 4.30. The third-order valence-corrected chi connectivity index (χ3v) is 3.26. The minimum absolute atomic E-state index is 0.176. The molecule has 2 aliphatic rings. The third kappa shape index (κ3) is 1.63. The number of fused-ring (bicyclic) bond motifs is 1. The molecule has 1 atom stereocenters. The second kappa shape index (κ2) is 3.76. The van der Waals surface area contributed by atoms with Crippen molar-refractivity contribution >= 4 is 23.2 Å². The molecule has 0 radical (unpaired) electrons. The fourth-order valence-corrected chi connectivity index (χ4v) is 2.42. The summed E-state index contributed by atoms with van der Waals surface area (Å²) in [5, 5.41) is 8.81. The topological polar surface area (TPSA) is 70.2 Å². The van der Waals surface area contributed by atoms with E-state index in [0.717, 1.165) is 16.9 Å². The number of hydrogen-bond donors (Lipinski definition) is 3. The quantitative estimate of drug-likeness (QED) is 0.631. The van der Waals surface area contributed by atoms with Crippen LogP contribution in [0.2, 0.25) is 0 Å². The van der Waals surface area contributed by atoms with Crippen LogP contribution in [0.1, 0.15) is 24.3 Å². The van der Waals surface area contributed by atoms with Crippen LogP contribution >= 0.6 is 0 Å². The van der Waals surface area contributed by atoms with Gasteiger partial charge in [0.1, 0.15) is 0 Å². The van der Waals surface area contributed by atoms with E-state index in [4.69, 9.17) is 0 Å². The van der Waals surface area contributed by atoms with E-state index >= 15 is 0 Å². The lowest BCUT2D eigenvalue weighted by Crippen LogP contribution is -2.39. The highest BCUT2D eigenvalue weighted by Gasteiger charge is 2.30. The van der Waals surface area contributed by atoms with Crippen molar-refractivity contribution in [1.82, 2.24) is 5.32 Å². The molecule has 5 heteroatoms. The number of para-hydroxylation sites is 1. The zero-order chi connectivity index (χ0) is 11.8. The number of benzene rings is 1. The monoisotopic (exact) mass is 231 g/mol. The molecule has 0 spiro atoms. The number of amides is 2. The van der Waals surface area contributed by atoms with E-state index in [1.807, 2.05) is 18.2 Å². The zero-order valence-electron chi connectivity index (χ0n) is 9.25. The Hall–Kier alpha value is -2.04. The lowest BCUT2D eigenvalue weighted by Gasteiger charge is -2.22. The minimum atomic E-state index is -0.227. The standard InChI is InChI=1S/C12H13N3O2/c16-10-5-4-8(12(17)15-10)7-2-1-3-9-11(7)14-6-13-9/h1-3,8,13-14H,4-6H2,(H,15,16,17). The molecule has 1 aromatic rings. The Labute approximate surface area is 98.6 Å². The summed E-state index contributed by atoms with van der Waals surface area (Å²) in [5.41, 5.74) is 2.98. The van der Waals surface area contributed by atoms with Gasteiger partial charge in [0.2, 0.25) is 11.8 Å². The van der Waals surface area contributed by atoms with Gasteiger partial charge >= 0.3 is 0 Å². The van der Waals surface area contributed by atoms with Crippen LogP contribution in [-0.4, -0.2) is 18.5 Å². The number of carbonyl (C=O) groups excluding carboxylic acids is 2. The number of anilines is 2. The summed E-state index contributed by atoms with van der Waals surface area (Å²) in [7, 11) is 0. The summed E-state index contributed by atoms with van der Waals surface area (Å²) < 4.78 is 0. The van der Waals surface area contributed by atoms with Gasteiger partial charge in [-0.1, -0.05) is 12.1 Å². The van der Waals surface area contributed by atoms with E-state index in [2.05, 4.69) is 16.0 Å². The van der Waals surface area contributed by atoms with E-state index in [-0.39, 0.29) is 17.7 Å². The summed E-state index contributed by atoms with van der Waals surface area (Å²) >= 11 is 0. The van der Waals surface area contributed by atoms with Crippen molar-refractivity contribution in [2.45, 2.75) is 18.8 Å². The summed E-state index contributed by atoms with van der Waals surface area (Å²) in [4.78, 5) is 22.9. The van der Waals surface area contributed by atoms with E-state index in [1.54, 1.807) is 0 Å². The van der Waals surface area contributed by atoms with Crippen LogP contribution in [0.3, 0.4) is 0 Å². The first-order chi connectivity index (χ1) is 8.25. The Bertz CT molecular complexity index is 499. The van der Waals surface area contributed by atoms with Gasteiger partial charge in [-0.15, -0.1) is 0 Å². The van der Waals surface area contributed by atoms with Gasteiger partial charge in [-0.2, -0.15) is 0 Å². The molecule has 3 rings (SSSR count). The van der Waals surface area contributed by atoms with Gasteiger partial charge in [-0.3, -0.25) is 14.9 Å². The van der Waals surface area contributed by atoms with Crippen molar-refractivity contribution in [1.29, 1.82) is 0 Å². The predicted octanol–water partition coefficient (Wildman–Crippen LogP) is 1.00. The highest BCUT2D eigenvalue weighted by molar-refractivity contribution is 6.02. The van der Waals surface area contributed by atoms with Gasteiger partial charge < -0.3 is 10.6 Å². The molecule has 2 aliphatic heterocycles. The molecular weight excluding hydrogens is 218 g/mol. The van der Waals surface area contributed by atoms with Crippen LogP contribution in [-0.2, 0) is 9.59 Å². The average Bonchev–Trinajstić information content (AvgIpc) is 2.77. The summed E-state index contributed by atoms with van der Waals surface area (Å²) in [6.45, 7) is 0.680. The van der Waals surface area contributed by atoms with Crippen molar-refractivity contribution in [3.63, 3.8) is 0 Å². The van der Waals surface area contributed by atoms with Crippen LogP contribution < -0.4 is 16.0 Å². The van der Waals surface area contributed by atoms with Gasteiger partial charge in [0.05, 0.1) is 24.0 Å². The molecule has 1 fully saturated rings. The Morgan fingerprint density at radius 2 is 2.06 bits per heavy atom. The molecule has 2 amide bonds. The van der Waals surface area contributed by atoms with Crippen molar-refractivity contribution in [3.8, 4) is 0 Å². The van der Waals surface area contributed by atoms with Gasteiger partial charge in [0, 0.05) is 6.42 Å². The molecule has 2 heterocycles. The molecule has 17 heavy (non-hydrogen) atoms. The number of piperidine rings is 1. The molecule has 1 unspecified atom stereocenters. The van der Waals surface area contributed by atoms with Crippen LogP contribution in [0.4, 0.5) is 11.4 Å². The minimum Gasteiger partial charge on any atom is -0.366 e. The first-order valence-corrected chi connectivity index (χ1v) is 5.70. The maximum atomic E-state index is 11.8. The first kappa shape index (κ1) is 10.1. The summed E-state index contributed by atoms with van der Waals surface area (Å²) in [5.74, 6) is -0.594. The van der Waals surface area contributed by atoms with Gasteiger partial charge in [-0.05, 0) is 18.1 Å². The Morgan fingerprint density at radius 3 is 2.88 bits per heavy atom. The molecule has 0 saturated carbocycles. The maximum absolute atomic E-state index is 11.8. The number of nitrogens with one attached hydrogen (secondary N) is 3. The number of rotatable bonds is 1. The molecule has 1 saturated heterocycles. The maximum Gasteiger partial charge on any atom is 0.234 e. The largest absolute Gasteiger partial charge is 0.366 e. The van der Waals surface area contributed by atoms with E-state index < -0.39 is 0 Å². The summed E-state index contributed by atoms with van der Waals surface area (Å²) in [6.07, 6.45) is 0.996. The van der Waals surface area contributed by atoms with Crippen LogP contribution in [0.5, 0.6) is 0 Å². The van der Waals surface area contributed by atoms with Crippen molar-refractivity contribution < 1.29 is 9.59 Å². The Balaban J connectivity index is 1.97. The highest BCUT2D eigenvalue weighted by Crippen LogP contribution is 2.37. The number of hydrogen-bond acceptors (Lipinski definition) is 4. The Kier molecular flexibility index (Phi) is 2.24. The van der Waals surface area contributed by atoms with Crippen molar-refractivity contribution in [2.75, 3.05) is 17.3 Å². The second-order valence-corrected chi connectivity index (χ2v) is 4.30. The predicted molar refractivity (Wildman–Crippen MR) is 63.7 cm³/mol. The average molecular weight is 231 g/mol. The smallest absolute Gasteiger partial charge is 0.234 e. The molecule has 1 aromatic carbocycles. The molecule has 5 nitrogen and oxygen atoms in total. The van der Waals surface area contributed by atoms with Crippen molar-refractivity contribution in [2.24, 2.45) is 0 Å². The fraction of sp³-hybridized carbons (Fsp3) is 0.333. The van der Waals surface area contributed by atoms with E-state index in [1.165, 1.54) is 0 Å². The molecule has 0 aliphatic carbocycles. The number of carbonyl (C=O) groups is 2. The molecule has 0 aromatic heterocycles. The zero-order valence-corrected chi connectivity index (χ0v) is 9.25. The fourth-order valence-electron chi connectivity index (χ4n) is 2.42. The highest BCUT2D eigenvalue weighted by atomic mass is 16.2. The molecule has 3 N–H and O–H groups in total.